The first kappa shape index (κ1) is 23.9. The van der Waals surface area contributed by atoms with Crippen molar-refractivity contribution in [1.82, 2.24) is 19.9 Å². The molecule has 0 fully saturated rings. The van der Waals surface area contributed by atoms with Crippen LogP contribution in [0.4, 0.5) is 27.7 Å². The molecule has 4 aromatic rings. The van der Waals surface area contributed by atoms with E-state index < -0.39 is 5.82 Å². The lowest BCUT2D eigenvalue weighted by atomic mass is 10.2. The van der Waals surface area contributed by atoms with Crippen LogP contribution >= 0.6 is 15.9 Å². The number of rotatable bonds is 8. The van der Waals surface area contributed by atoms with Gasteiger partial charge in [-0.3, -0.25) is 20.8 Å². The van der Waals surface area contributed by atoms with Crippen molar-refractivity contribution in [2.24, 2.45) is 10.2 Å². The molecular formula is C24H21BrFN9. The van der Waals surface area contributed by atoms with Crippen LogP contribution in [0.2, 0.25) is 0 Å². The van der Waals surface area contributed by atoms with Crippen molar-refractivity contribution in [2.45, 2.75) is 13.8 Å². The molecule has 0 saturated heterocycles. The third kappa shape index (κ3) is 6.64. The van der Waals surface area contributed by atoms with Crippen LogP contribution in [0, 0.1) is 5.82 Å². The minimum absolute atomic E-state index is 0.229. The Morgan fingerprint density at radius 2 is 1.29 bits per heavy atom. The fraction of sp³-hybridized carbons (Fsp3) is 0.0833. The Labute approximate surface area is 209 Å². The Bertz CT molecular complexity index is 1290. The van der Waals surface area contributed by atoms with E-state index in [4.69, 9.17) is 0 Å². The molecule has 176 valence electrons. The predicted molar refractivity (Wildman–Crippen MR) is 140 cm³/mol. The van der Waals surface area contributed by atoms with Gasteiger partial charge in [-0.25, -0.2) is 4.39 Å². The summed E-state index contributed by atoms with van der Waals surface area (Å²) < 4.78 is 14.3. The fourth-order valence-electron chi connectivity index (χ4n) is 2.92. The number of pyridine rings is 2. The number of halogens is 2. The summed E-state index contributed by atoms with van der Waals surface area (Å²) in [4.78, 5) is 16.9. The molecular weight excluding hydrogens is 513 g/mol. The maximum absolute atomic E-state index is 14.0. The van der Waals surface area contributed by atoms with Gasteiger partial charge in [0.05, 0.1) is 15.9 Å². The van der Waals surface area contributed by atoms with Crippen LogP contribution in [0.25, 0.3) is 0 Å². The number of benzene rings is 1. The zero-order chi connectivity index (χ0) is 24.6. The number of hydrogen-bond donors (Lipinski definition) is 3. The lowest BCUT2D eigenvalue weighted by molar-refractivity contribution is 0.622. The Morgan fingerprint density at radius 1 is 0.771 bits per heavy atom. The summed E-state index contributed by atoms with van der Waals surface area (Å²) >= 11 is 3.15. The molecule has 0 radical (unpaired) electrons. The Kier molecular flexibility index (Phi) is 7.68. The number of aromatic nitrogens is 4. The Hall–Kier alpha value is -4.25. The molecule has 11 heteroatoms. The highest BCUT2D eigenvalue weighted by Crippen LogP contribution is 2.23. The van der Waals surface area contributed by atoms with Crippen molar-refractivity contribution in [1.29, 1.82) is 0 Å². The molecule has 0 bridgehead atoms. The normalized spacial score (nSPS) is 11.8. The van der Waals surface area contributed by atoms with E-state index in [0.717, 1.165) is 22.6 Å². The zero-order valence-corrected chi connectivity index (χ0v) is 20.5. The Morgan fingerprint density at radius 3 is 1.77 bits per heavy atom. The average molecular weight is 534 g/mol. The quantitative estimate of drug-likeness (QED) is 0.200. The second kappa shape index (κ2) is 11.3. The van der Waals surface area contributed by atoms with Crippen LogP contribution in [-0.2, 0) is 0 Å². The van der Waals surface area contributed by atoms with Crippen molar-refractivity contribution in [2.75, 3.05) is 16.2 Å². The van der Waals surface area contributed by atoms with E-state index in [0.29, 0.717) is 21.8 Å². The summed E-state index contributed by atoms with van der Waals surface area (Å²) in [6, 6.07) is 13.8. The van der Waals surface area contributed by atoms with Crippen LogP contribution in [0.5, 0.6) is 0 Å². The summed E-state index contributed by atoms with van der Waals surface area (Å²) in [6.45, 7) is 3.74. The molecule has 0 aliphatic heterocycles. The van der Waals surface area contributed by atoms with Gasteiger partial charge in [-0.2, -0.15) is 20.2 Å². The zero-order valence-electron chi connectivity index (χ0n) is 18.9. The second-order valence-corrected chi connectivity index (χ2v) is 8.16. The third-order valence-electron chi connectivity index (χ3n) is 4.77. The van der Waals surface area contributed by atoms with E-state index in [9.17, 15) is 4.39 Å². The van der Waals surface area contributed by atoms with Crippen LogP contribution in [0.15, 0.2) is 88.0 Å². The van der Waals surface area contributed by atoms with Gasteiger partial charge in [0.2, 0.25) is 5.95 Å². The van der Waals surface area contributed by atoms with Gasteiger partial charge in [-0.05, 0) is 72.2 Å². The van der Waals surface area contributed by atoms with Crippen molar-refractivity contribution in [3.8, 4) is 0 Å². The molecule has 35 heavy (non-hydrogen) atoms. The summed E-state index contributed by atoms with van der Waals surface area (Å²) in [7, 11) is 0. The molecule has 0 spiro atoms. The van der Waals surface area contributed by atoms with Gasteiger partial charge in [-0.1, -0.05) is 0 Å². The summed E-state index contributed by atoms with van der Waals surface area (Å²) in [5.74, 6) is 0.644. The summed E-state index contributed by atoms with van der Waals surface area (Å²) in [5, 5.41) is 11.8. The molecule has 4 rings (SSSR count). The predicted octanol–water partition coefficient (Wildman–Crippen LogP) is 5.58. The maximum Gasteiger partial charge on any atom is 0.231 e. The molecule has 0 aliphatic rings. The highest BCUT2D eigenvalue weighted by Gasteiger charge is 2.08. The topological polar surface area (TPSA) is 112 Å². The first-order chi connectivity index (χ1) is 17.0. The average Bonchev–Trinajstić information content (AvgIpc) is 2.89. The Balaban J connectivity index is 1.61. The van der Waals surface area contributed by atoms with E-state index in [-0.39, 0.29) is 5.95 Å². The minimum atomic E-state index is -0.405. The van der Waals surface area contributed by atoms with E-state index in [1.165, 1.54) is 6.07 Å². The van der Waals surface area contributed by atoms with Gasteiger partial charge in [0.25, 0.3) is 0 Å². The van der Waals surface area contributed by atoms with Crippen LogP contribution < -0.4 is 16.2 Å². The van der Waals surface area contributed by atoms with Gasteiger partial charge in [0.1, 0.15) is 5.82 Å². The van der Waals surface area contributed by atoms with E-state index in [1.54, 1.807) is 43.0 Å². The van der Waals surface area contributed by atoms with Gasteiger partial charge in [0.15, 0.2) is 11.6 Å². The number of nitrogens with one attached hydrogen (secondary N) is 3. The van der Waals surface area contributed by atoms with E-state index in [2.05, 4.69) is 62.2 Å². The van der Waals surface area contributed by atoms with Gasteiger partial charge < -0.3 is 5.32 Å². The van der Waals surface area contributed by atoms with Crippen molar-refractivity contribution in [3.63, 3.8) is 0 Å². The standard InChI is InChI=1S/C24H21BrFN9/c1-15(17-5-9-27-10-6-17)32-34-22-14-23(35-33-16(2)18-7-11-28-12-8-18)31-24(30-22)29-19-3-4-20(25)21(26)13-19/h3-14H,1-2H3,(H3,29,30,31,34,35). The fourth-order valence-corrected chi connectivity index (χ4v) is 3.16. The van der Waals surface area contributed by atoms with Crippen LogP contribution in [0.1, 0.15) is 25.0 Å². The monoisotopic (exact) mass is 533 g/mol. The highest BCUT2D eigenvalue weighted by molar-refractivity contribution is 9.10. The molecule has 0 unspecified atom stereocenters. The van der Waals surface area contributed by atoms with E-state index >= 15 is 0 Å². The molecule has 0 atom stereocenters. The van der Waals surface area contributed by atoms with Crippen molar-refractivity contribution < 1.29 is 4.39 Å². The lowest BCUT2D eigenvalue weighted by Gasteiger charge is -2.11. The minimum Gasteiger partial charge on any atom is -0.324 e. The van der Waals surface area contributed by atoms with Gasteiger partial charge in [0, 0.05) is 47.7 Å². The maximum atomic E-state index is 14.0. The SMILES string of the molecule is CC(=NNc1cc(NN=C(C)c2ccncc2)nc(Nc2ccc(Br)c(F)c2)n1)c1ccncc1. The summed E-state index contributed by atoms with van der Waals surface area (Å²) in [6.07, 6.45) is 6.79. The first-order valence-corrected chi connectivity index (χ1v) is 11.3. The largest absolute Gasteiger partial charge is 0.324 e. The molecule has 0 aliphatic carbocycles. The molecule has 3 heterocycles. The number of hydrogen-bond acceptors (Lipinski definition) is 9. The van der Waals surface area contributed by atoms with Gasteiger partial charge >= 0.3 is 0 Å². The van der Waals surface area contributed by atoms with Crippen LogP contribution in [-0.4, -0.2) is 31.4 Å². The highest BCUT2D eigenvalue weighted by atomic mass is 79.9. The number of nitrogens with zero attached hydrogens (tertiary/aromatic N) is 6. The number of hydrazone groups is 2. The molecule has 3 N–H and O–H groups in total. The lowest BCUT2D eigenvalue weighted by Crippen LogP contribution is -2.07. The smallest absolute Gasteiger partial charge is 0.231 e. The molecule has 0 amide bonds. The summed E-state index contributed by atoms with van der Waals surface area (Å²) in [5.41, 5.74) is 9.71. The van der Waals surface area contributed by atoms with Crippen LogP contribution in [0.3, 0.4) is 0 Å². The first-order valence-electron chi connectivity index (χ1n) is 10.5. The molecule has 1 aromatic carbocycles. The molecule has 0 saturated carbocycles. The van der Waals surface area contributed by atoms with Crippen molar-refractivity contribution in [3.05, 3.63) is 94.7 Å². The number of anilines is 4. The van der Waals surface area contributed by atoms with Gasteiger partial charge in [-0.15, -0.1) is 0 Å². The second-order valence-electron chi connectivity index (χ2n) is 7.31. The molecule has 9 nitrogen and oxygen atoms in total. The third-order valence-corrected chi connectivity index (χ3v) is 5.42. The van der Waals surface area contributed by atoms with Crippen molar-refractivity contribution >= 4 is 50.6 Å². The van der Waals surface area contributed by atoms with E-state index in [1.807, 2.05) is 38.1 Å². The molecule has 3 aromatic heterocycles.